The van der Waals surface area contributed by atoms with Gasteiger partial charge in [0, 0.05) is 29.0 Å². The number of benzene rings is 1. The lowest BCUT2D eigenvalue weighted by atomic mass is 9.94. The van der Waals surface area contributed by atoms with Crippen molar-refractivity contribution in [3.63, 3.8) is 0 Å². The summed E-state index contributed by atoms with van der Waals surface area (Å²) in [4.78, 5) is 26.0. The average molecular weight is 371 g/mol. The van der Waals surface area contributed by atoms with E-state index in [1.807, 2.05) is 19.9 Å². The lowest BCUT2D eigenvalue weighted by Gasteiger charge is -2.27. The summed E-state index contributed by atoms with van der Waals surface area (Å²) in [7, 11) is 0. The zero-order chi connectivity index (χ0) is 16.7. The number of H-pyrrole nitrogens is 1. The number of aromatic nitrogens is 2. The first-order valence-corrected chi connectivity index (χ1v) is 9.18. The molecule has 4 nitrogen and oxygen atoms in total. The van der Waals surface area contributed by atoms with Gasteiger partial charge in [-0.3, -0.25) is 14.3 Å². The lowest BCUT2D eigenvalue weighted by molar-refractivity contribution is 0.103. The second-order valence-electron chi connectivity index (χ2n) is 5.44. The minimum atomic E-state index is -0.334. The summed E-state index contributed by atoms with van der Waals surface area (Å²) < 4.78 is 1.40. The van der Waals surface area contributed by atoms with Crippen LogP contribution in [0.2, 0.25) is 0 Å². The Bertz CT molecular complexity index is 828. The van der Waals surface area contributed by atoms with Crippen LogP contribution in [0, 0.1) is 6.92 Å². The van der Waals surface area contributed by atoms with E-state index in [1.165, 1.54) is 10.9 Å². The number of fused-ring (bicyclic) bond motifs is 1. The molecule has 2 aromatic rings. The molecule has 2 unspecified atom stereocenters. The SMILES string of the molecule is CCn1[nH]cc(C(=O)c2ccc3c(c2C)C(Cl)C(Cl)CS3)c1=O. The highest BCUT2D eigenvalue weighted by Crippen LogP contribution is 2.44. The number of halogens is 2. The molecule has 23 heavy (non-hydrogen) atoms. The molecule has 1 aromatic carbocycles. The Morgan fingerprint density at radius 2 is 2.13 bits per heavy atom. The molecule has 122 valence electrons. The summed E-state index contributed by atoms with van der Waals surface area (Å²) in [6.07, 6.45) is 1.46. The first kappa shape index (κ1) is 16.7. The molecule has 0 saturated heterocycles. The highest BCUT2D eigenvalue weighted by atomic mass is 35.5. The monoisotopic (exact) mass is 370 g/mol. The third-order valence-electron chi connectivity index (χ3n) is 4.11. The first-order chi connectivity index (χ1) is 11.0. The van der Waals surface area contributed by atoms with Gasteiger partial charge in [0.1, 0.15) is 5.56 Å². The maximum Gasteiger partial charge on any atom is 0.277 e. The van der Waals surface area contributed by atoms with Gasteiger partial charge in [0.15, 0.2) is 5.78 Å². The van der Waals surface area contributed by atoms with Crippen molar-refractivity contribution in [3.8, 4) is 0 Å². The van der Waals surface area contributed by atoms with E-state index in [4.69, 9.17) is 23.2 Å². The zero-order valence-corrected chi connectivity index (χ0v) is 15.1. The van der Waals surface area contributed by atoms with Crippen LogP contribution >= 0.6 is 35.0 Å². The molecule has 0 radical (unpaired) electrons. The molecule has 7 heteroatoms. The Hall–Kier alpha value is -1.17. The number of thioether (sulfide) groups is 1. The van der Waals surface area contributed by atoms with Crippen LogP contribution in [0.15, 0.2) is 28.0 Å². The van der Waals surface area contributed by atoms with Gasteiger partial charge in [0.05, 0.1) is 10.8 Å². The van der Waals surface area contributed by atoms with Crippen molar-refractivity contribution in [1.82, 2.24) is 9.78 Å². The second-order valence-corrected chi connectivity index (χ2v) is 7.54. The zero-order valence-electron chi connectivity index (χ0n) is 12.7. The van der Waals surface area contributed by atoms with Crippen LogP contribution in [0.25, 0.3) is 0 Å². The van der Waals surface area contributed by atoms with E-state index in [9.17, 15) is 9.59 Å². The quantitative estimate of drug-likeness (QED) is 0.661. The predicted octanol–water partition coefficient (Wildman–Crippen LogP) is 3.73. The Balaban J connectivity index is 2.09. The maximum absolute atomic E-state index is 12.8. The van der Waals surface area contributed by atoms with Crippen molar-refractivity contribution in [2.24, 2.45) is 0 Å². The molecular formula is C16H16Cl2N2O2S. The van der Waals surface area contributed by atoms with Crippen LogP contribution in [0.3, 0.4) is 0 Å². The number of carbonyl (C=O) groups excluding carboxylic acids is 1. The van der Waals surface area contributed by atoms with Crippen molar-refractivity contribution in [1.29, 1.82) is 0 Å². The molecular weight excluding hydrogens is 355 g/mol. The number of aromatic amines is 1. The van der Waals surface area contributed by atoms with Crippen LogP contribution in [-0.2, 0) is 6.54 Å². The molecule has 0 amide bonds. The summed E-state index contributed by atoms with van der Waals surface area (Å²) in [5, 5.41) is 2.29. The van der Waals surface area contributed by atoms with Gasteiger partial charge in [-0.15, -0.1) is 35.0 Å². The number of alkyl halides is 2. The van der Waals surface area contributed by atoms with Crippen molar-refractivity contribution >= 4 is 40.7 Å². The highest BCUT2D eigenvalue weighted by Gasteiger charge is 2.30. The number of hydrogen-bond donors (Lipinski definition) is 1. The summed E-state index contributed by atoms with van der Waals surface area (Å²) in [6, 6.07) is 3.66. The van der Waals surface area contributed by atoms with Crippen molar-refractivity contribution in [2.75, 3.05) is 5.75 Å². The van der Waals surface area contributed by atoms with E-state index in [-0.39, 0.29) is 27.7 Å². The van der Waals surface area contributed by atoms with Gasteiger partial charge in [-0.25, -0.2) is 0 Å². The maximum atomic E-state index is 12.8. The van der Waals surface area contributed by atoms with E-state index in [0.29, 0.717) is 12.1 Å². The van der Waals surface area contributed by atoms with Crippen molar-refractivity contribution in [2.45, 2.75) is 36.0 Å². The minimum absolute atomic E-state index is 0.145. The Kier molecular flexibility index (Phi) is 4.63. The summed E-state index contributed by atoms with van der Waals surface area (Å²) >= 11 is 14.4. The number of hydrogen-bond acceptors (Lipinski definition) is 3. The van der Waals surface area contributed by atoms with Crippen molar-refractivity contribution in [3.05, 3.63) is 50.9 Å². The van der Waals surface area contributed by atoms with Gasteiger partial charge in [0.2, 0.25) is 0 Å². The molecule has 0 fully saturated rings. The van der Waals surface area contributed by atoms with Gasteiger partial charge >= 0.3 is 0 Å². The Morgan fingerprint density at radius 3 is 2.78 bits per heavy atom. The fourth-order valence-corrected chi connectivity index (χ4v) is 4.79. The lowest BCUT2D eigenvalue weighted by Crippen LogP contribution is -2.23. The average Bonchev–Trinajstić information content (AvgIpc) is 2.91. The molecule has 0 bridgehead atoms. The van der Waals surface area contributed by atoms with Crippen LogP contribution in [-0.4, -0.2) is 26.7 Å². The van der Waals surface area contributed by atoms with E-state index >= 15 is 0 Å². The van der Waals surface area contributed by atoms with Crippen LogP contribution < -0.4 is 5.56 Å². The number of nitrogens with one attached hydrogen (secondary N) is 1. The number of aryl methyl sites for hydroxylation is 1. The third-order valence-corrected chi connectivity index (χ3v) is 6.55. The number of rotatable bonds is 3. The van der Waals surface area contributed by atoms with Gasteiger partial charge in [-0.1, -0.05) is 0 Å². The second kappa shape index (κ2) is 6.38. The standard InChI is InChI=1S/C16H16Cl2N2O2S/c1-3-20-16(22)10(6-19-20)15(21)9-4-5-12-13(8(9)2)14(18)11(17)7-23-12/h4-6,11,14,19H,3,7H2,1-2H3. The molecule has 1 aromatic heterocycles. The molecule has 2 heterocycles. The Labute approximate surface area is 148 Å². The Morgan fingerprint density at radius 1 is 1.39 bits per heavy atom. The normalized spacial score (nSPS) is 20.3. The van der Waals surface area contributed by atoms with Crippen LogP contribution in [0.5, 0.6) is 0 Å². The molecule has 1 aliphatic heterocycles. The highest BCUT2D eigenvalue weighted by molar-refractivity contribution is 7.99. The van der Waals surface area contributed by atoms with E-state index < -0.39 is 0 Å². The van der Waals surface area contributed by atoms with E-state index in [2.05, 4.69) is 5.10 Å². The predicted molar refractivity (Wildman–Crippen MR) is 94.3 cm³/mol. The number of carbonyl (C=O) groups is 1. The molecule has 0 spiro atoms. The molecule has 3 rings (SSSR count). The topological polar surface area (TPSA) is 54.9 Å². The van der Waals surface area contributed by atoms with Crippen LogP contribution in [0.4, 0.5) is 0 Å². The molecule has 1 aliphatic rings. The largest absolute Gasteiger partial charge is 0.302 e. The number of ketones is 1. The van der Waals surface area contributed by atoms with Gasteiger partial charge in [-0.05, 0) is 37.1 Å². The molecule has 1 N–H and O–H groups in total. The van der Waals surface area contributed by atoms with Gasteiger partial charge in [0.25, 0.3) is 5.56 Å². The first-order valence-electron chi connectivity index (χ1n) is 7.33. The van der Waals surface area contributed by atoms with E-state index in [1.54, 1.807) is 17.8 Å². The summed E-state index contributed by atoms with van der Waals surface area (Å²) in [5.74, 6) is 0.457. The van der Waals surface area contributed by atoms with Gasteiger partial charge < -0.3 is 5.10 Å². The molecule has 0 saturated carbocycles. The third kappa shape index (κ3) is 2.75. The fraction of sp³-hybridized carbons (Fsp3) is 0.375. The fourth-order valence-electron chi connectivity index (χ4n) is 2.80. The van der Waals surface area contributed by atoms with Crippen molar-refractivity contribution < 1.29 is 4.79 Å². The van der Waals surface area contributed by atoms with Crippen LogP contribution in [0.1, 0.15) is 39.3 Å². The number of nitrogens with zero attached hydrogens (tertiary/aromatic N) is 1. The van der Waals surface area contributed by atoms with E-state index in [0.717, 1.165) is 21.8 Å². The molecule has 2 atom stereocenters. The minimum Gasteiger partial charge on any atom is -0.302 e. The molecule has 0 aliphatic carbocycles. The van der Waals surface area contributed by atoms with Gasteiger partial charge in [-0.2, -0.15) is 0 Å². The summed E-state index contributed by atoms with van der Waals surface area (Å²) in [5.41, 5.74) is 2.04. The summed E-state index contributed by atoms with van der Waals surface area (Å²) in [6.45, 7) is 4.19. The smallest absolute Gasteiger partial charge is 0.277 e.